The van der Waals surface area contributed by atoms with Crippen LogP contribution in [0, 0.1) is 6.92 Å². The Labute approximate surface area is 203 Å². The zero-order valence-corrected chi connectivity index (χ0v) is 20.9. The molecule has 1 fully saturated rings. The molecule has 7 nitrogen and oxygen atoms in total. The normalized spacial score (nSPS) is 23.0. The molecule has 0 radical (unpaired) electrons. The first-order valence-electron chi connectivity index (χ1n) is 10.4. The van der Waals surface area contributed by atoms with Gasteiger partial charge in [0.05, 0.1) is 4.90 Å². The minimum Gasteiger partial charge on any atom is -0.459 e. The van der Waals surface area contributed by atoms with E-state index in [4.69, 9.17) is 21.1 Å². The molecule has 178 valence electrons. The second-order valence-electron chi connectivity index (χ2n) is 7.92. The molecule has 3 rings (SSSR count). The number of hydrogen-bond acceptors (Lipinski definition) is 7. The summed E-state index contributed by atoms with van der Waals surface area (Å²) in [6, 6.07) is 13.2. The van der Waals surface area contributed by atoms with Crippen molar-refractivity contribution in [1.82, 2.24) is 4.72 Å². The predicted octanol–water partition coefficient (Wildman–Crippen LogP) is 4.11. The molecule has 0 saturated heterocycles. The average molecular weight is 512 g/mol. The van der Waals surface area contributed by atoms with E-state index in [0.29, 0.717) is 11.4 Å². The van der Waals surface area contributed by atoms with Crippen LogP contribution in [0.4, 0.5) is 0 Å². The van der Waals surface area contributed by atoms with Crippen molar-refractivity contribution in [3.8, 4) is 0 Å². The van der Waals surface area contributed by atoms with Crippen LogP contribution in [0.25, 0.3) is 0 Å². The van der Waals surface area contributed by atoms with Crippen LogP contribution in [0.5, 0.6) is 0 Å². The smallest absolute Gasteiger partial charge is 0.303 e. The topological polar surface area (TPSA) is 98.8 Å². The number of halogens is 1. The van der Waals surface area contributed by atoms with Crippen molar-refractivity contribution in [3.05, 3.63) is 59.1 Å². The Kier molecular flexibility index (Phi) is 8.44. The summed E-state index contributed by atoms with van der Waals surface area (Å²) in [6.07, 6.45) is -0.990. The van der Waals surface area contributed by atoms with Crippen LogP contribution >= 0.6 is 23.4 Å². The van der Waals surface area contributed by atoms with Gasteiger partial charge in [0, 0.05) is 47.9 Å². The van der Waals surface area contributed by atoms with Crippen LogP contribution in [0.3, 0.4) is 0 Å². The fourth-order valence-electron chi connectivity index (χ4n) is 3.70. The first-order valence-corrected chi connectivity index (χ1v) is 13.1. The number of sulfonamides is 1. The molecule has 1 aliphatic rings. The molecule has 0 aliphatic heterocycles. The van der Waals surface area contributed by atoms with Gasteiger partial charge >= 0.3 is 11.9 Å². The van der Waals surface area contributed by atoms with Crippen molar-refractivity contribution in [3.63, 3.8) is 0 Å². The van der Waals surface area contributed by atoms with E-state index in [-0.39, 0.29) is 16.6 Å². The van der Waals surface area contributed by atoms with Gasteiger partial charge in [-0.25, -0.2) is 13.1 Å². The Bertz CT molecular complexity index is 1090. The third-order valence-corrected chi connectivity index (χ3v) is 8.31. The quantitative estimate of drug-likeness (QED) is 0.558. The zero-order valence-electron chi connectivity index (χ0n) is 18.5. The maximum absolute atomic E-state index is 13.1. The van der Waals surface area contributed by atoms with E-state index in [2.05, 4.69) is 4.72 Å². The molecule has 0 spiro atoms. The van der Waals surface area contributed by atoms with Crippen molar-refractivity contribution in [2.45, 2.75) is 66.9 Å². The lowest BCUT2D eigenvalue weighted by Crippen LogP contribution is -2.53. The Hall–Kier alpha value is -2.07. The molecule has 2 aromatic carbocycles. The molecule has 0 amide bonds. The van der Waals surface area contributed by atoms with E-state index in [1.165, 1.54) is 25.6 Å². The van der Waals surface area contributed by atoms with Crippen LogP contribution in [-0.4, -0.2) is 43.9 Å². The molecule has 2 aromatic rings. The summed E-state index contributed by atoms with van der Waals surface area (Å²) in [6.45, 7) is 4.44. The summed E-state index contributed by atoms with van der Waals surface area (Å²) in [7, 11) is -3.83. The van der Waals surface area contributed by atoms with Gasteiger partial charge in [-0.15, -0.1) is 11.8 Å². The van der Waals surface area contributed by atoms with Crippen LogP contribution in [-0.2, 0) is 29.1 Å². The van der Waals surface area contributed by atoms with Crippen molar-refractivity contribution >= 4 is 45.3 Å². The molecular formula is C23H26ClNO6S2. The predicted molar refractivity (Wildman–Crippen MR) is 127 cm³/mol. The lowest BCUT2D eigenvalue weighted by atomic mass is 9.90. The van der Waals surface area contributed by atoms with Gasteiger partial charge in [-0.05, 0) is 43.3 Å². The standard InChI is InChI=1S/C23H26ClNO6S2/c1-14-4-10-19(11-5-14)33(28,29)25-20-12-21(30-15(2)26)22(31-16(3)27)13-23(20)32-18-8-6-17(24)7-9-18/h4-11,20-23,25H,12-13H2,1-3H3/t20-,21+,22-,23-/m1/s1. The highest BCUT2D eigenvalue weighted by Crippen LogP contribution is 2.37. The summed E-state index contributed by atoms with van der Waals surface area (Å²) in [5.74, 6) is -1.02. The number of esters is 2. The van der Waals surface area contributed by atoms with E-state index < -0.39 is 40.2 Å². The molecule has 4 atom stereocenters. The lowest BCUT2D eigenvalue weighted by Gasteiger charge is -2.40. The Morgan fingerprint density at radius 3 is 2.03 bits per heavy atom. The van der Waals surface area contributed by atoms with Crippen LogP contribution in [0.1, 0.15) is 32.3 Å². The second-order valence-corrected chi connectivity index (χ2v) is 11.4. The van der Waals surface area contributed by atoms with Gasteiger partial charge in [0.2, 0.25) is 10.0 Å². The Morgan fingerprint density at radius 1 is 0.939 bits per heavy atom. The summed E-state index contributed by atoms with van der Waals surface area (Å²) in [5.41, 5.74) is 0.946. The number of carbonyl (C=O) groups excluding carboxylic acids is 2. The monoisotopic (exact) mass is 511 g/mol. The highest BCUT2D eigenvalue weighted by molar-refractivity contribution is 8.00. The van der Waals surface area contributed by atoms with Crippen molar-refractivity contribution in [2.75, 3.05) is 0 Å². The number of aryl methyl sites for hydroxylation is 1. The number of ether oxygens (including phenoxy) is 2. The summed E-state index contributed by atoms with van der Waals surface area (Å²) in [5, 5.41) is 0.301. The van der Waals surface area contributed by atoms with Crippen molar-refractivity contribution in [1.29, 1.82) is 0 Å². The molecule has 1 saturated carbocycles. The molecule has 0 aromatic heterocycles. The van der Waals surface area contributed by atoms with E-state index in [1.54, 1.807) is 36.4 Å². The molecule has 0 unspecified atom stereocenters. The van der Waals surface area contributed by atoms with Gasteiger partial charge in [0.15, 0.2) is 0 Å². The fourth-order valence-corrected chi connectivity index (χ4v) is 6.47. The third-order valence-electron chi connectivity index (χ3n) is 5.19. The van der Waals surface area contributed by atoms with Gasteiger partial charge in [0.25, 0.3) is 0 Å². The number of hydrogen-bond donors (Lipinski definition) is 1. The van der Waals surface area contributed by atoms with E-state index in [1.807, 2.05) is 19.1 Å². The first-order chi connectivity index (χ1) is 15.5. The van der Waals surface area contributed by atoms with Crippen LogP contribution in [0.15, 0.2) is 58.3 Å². The Morgan fingerprint density at radius 2 is 1.48 bits per heavy atom. The largest absolute Gasteiger partial charge is 0.459 e. The minimum absolute atomic E-state index is 0.148. The van der Waals surface area contributed by atoms with Crippen LogP contribution < -0.4 is 4.72 Å². The zero-order chi connectivity index (χ0) is 24.2. The van der Waals surface area contributed by atoms with Gasteiger partial charge < -0.3 is 9.47 Å². The van der Waals surface area contributed by atoms with Gasteiger partial charge in [0.1, 0.15) is 12.2 Å². The van der Waals surface area contributed by atoms with Crippen molar-refractivity contribution < 1.29 is 27.5 Å². The van der Waals surface area contributed by atoms with Gasteiger partial charge in [-0.2, -0.15) is 0 Å². The SMILES string of the molecule is CC(=O)O[C@H]1C[C@@H](NS(=O)(=O)c2ccc(C)cc2)[C@H](Sc2ccc(Cl)cc2)C[C@H]1OC(C)=O. The number of nitrogens with one attached hydrogen (secondary N) is 1. The number of benzene rings is 2. The molecule has 1 aliphatic carbocycles. The maximum Gasteiger partial charge on any atom is 0.303 e. The Balaban J connectivity index is 1.90. The molecule has 33 heavy (non-hydrogen) atoms. The van der Waals surface area contributed by atoms with E-state index in [0.717, 1.165) is 10.5 Å². The van der Waals surface area contributed by atoms with Gasteiger partial charge in [-0.3, -0.25) is 9.59 Å². The maximum atomic E-state index is 13.1. The van der Waals surface area contributed by atoms with E-state index >= 15 is 0 Å². The highest BCUT2D eigenvalue weighted by atomic mass is 35.5. The third kappa shape index (κ3) is 7.20. The second kappa shape index (κ2) is 10.9. The average Bonchev–Trinajstić information content (AvgIpc) is 2.72. The fraction of sp³-hybridized carbons (Fsp3) is 0.391. The number of thioether (sulfide) groups is 1. The highest BCUT2D eigenvalue weighted by Gasteiger charge is 2.43. The number of carbonyl (C=O) groups is 2. The lowest BCUT2D eigenvalue weighted by molar-refractivity contribution is -0.169. The molecule has 0 bridgehead atoms. The van der Waals surface area contributed by atoms with E-state index in [9.17, 15) is 18.0 Å². The molecule has 0 heterocycles. The summed E-state index contributed by atoms with van der Waals surface area (Å²) in [4.78, 5) is 24.4. The minimum atomic E-state index is -3.83. The van der Waals surface area contributed by atoms with Crippen LogP contribution in [0.2, 0.25) is 5.02 Å². The van der Waals surface area contributed by atoms with Crippen molar-refractivity contribution in [2.24, 2.45) is 0 Å². The molecular weight excluding hydrogens is 486 g/mol. The van der Waals surface area contributed by atoms with Gasteiger partial charge in [-0.1, -0.05) is 29.3 Å². The first kappa shape index (κ1) is 25.6. The summed E-state index contributed by atoms with van der Waals surface area (Å²) >= 11 is 7.44. The molecule has 1 N–H and O–H groups in total. The number of rotatable bonds is 7. The summed E-state index contributed by atoms with van der Waals surface area (Å²) < 4.78 is 39.9. The molecule has 10 heteroatoms.